The second-order valence-corrected chi connectivity index (χ2v) is 6.83. The molecule has 0 aliphatic carbocycles. The summed E-state index contributed by atoms with van der Waals surface area (Å²) in [6.07, 6.45) is 5.71. The van der Waals surface area contributed by atoms with E-state index in [4.69, 9.17) is 5.73 Å². The molecule has 24 heavy (non-hydrogen) atoms. The third kappa shape index (κ3) is 3.06. The van der Waals surface area contributed by atoms with Gasteiger partial charge in [-0.3, -0.25) is 0 Å². The summed E-state index contributed by atoms with van der Waals surface area (Å²) in [6.45, 7) is 8.65. The number of fused-ring (bicyclic) bond motifs is 1. The normalized spacial score (nSPS) is 15.5. The van der Waals surface area contributed by atoms with E-state index in [2.05, 4.69) is 15.7 Å². The minimum atomic E-state index is -0.852. The van der Waals surface area contributed by atoms with Crippen LogP contribution in [-0.2, 0) is 13.0 Å². The number of hydrogen-bond donors (Lipinski definition) is 2. The van der Waals surface area contributed by atoms with Crippen LogP contribution in [0.25, 0.3) is 10.9 Å². The quantitative estimate of drug-likeness (QED) is 0.854. The number of benzene rings is 1. The number of hydrogen-bond acceptors (Lipinski definition) is 3. The highest BCUT2D eigenvalue weighted by atomic mass is 16.4. The van der Waals surface area contributed by atoms with Crippen LogP contribution < -0.4 is 5.73 Å². The van der Waals surface area contributed by atoms with Crippen molar-refractivity contribution < 1.29 is 9.90 Å². The van der Waals surface area contributed by atoms with Crippen molar-refractivity contribution in [2.75, 3.05) is 26.2 Å². The molecular formula is C19H27N3O2. The summed E-state index contributed by atoms with van der Waals surface area (Å²) in [7, 11) is 0. The first-order valence-corrected chi connectivity index (χ1v) is 8.80. The third-order valence-corrected chi connectivity index (χ3v) is 5.17. The average Bonchev–Trinajstić information content (AvgIpc) is 3.17. The molecule has 0 saturated carbocycles. The number of aryl methyl sites for hydroxylation is 2. The first kappa shape index (κ1) is 17.0. The molecule has 0 bridgehead atoms. The molecule has 0 radical (unpaired) electrons. The number of nitrogens with zero attached hydrogens (tertiary/aromatic N) is 2. The number of aromatic carboxylic acids is 1. The lowest BCUT2D eigenvalue weighted by Gasteiger charge is -2.14. The van der Waals surface area contributed by atoms with E-state index in [0.717, 1.165) is 41.5 Å². The van der Waals surface area contributed by atoms with Gasteiger partial charge < -0.3 is 20.3 Å². The second kappa shape index (κ2) is 6.95. The van der Waals surface area contributed by atoms with Crippen LogP contribution in [-0.4, -0.2) is 46.7 Å². The van der Waals surface area contributed by atoms with Crippen LogP contribution in [0.15, 0.2) is 12.3 Å². The largest absolute Gasteiger partial charge is 0.478 e. The number of aromatic nitrogens is 1. The topological polar surface area (TPSA) is 71.5 Å². The summed E-state index contributed by atoms with van der Waals surface area (Å²) in [5.41, 5.74) is 10.4. The van der Waals surface area contributed by atoms with E-state index in [-0.39, 0.29) is 0 Å². The Morgan fingerprint density at radius 1 is 1.25 bits per heavy atom. The number of nitrogens with two attached hydrogens (primary N) is 1. The standard InChI is InChI=1S/C19H27N3O2/c1-13-11-16(19(23)24)14(2)17-15(5-9-21-7-3-4-8-21)12-22(10-6-20)18(13)17/h11-12H,3-10,20H2,1-2H3,(H,23,24). The predicted octanol–water partition coefficient (Wildman–Crippen LogP) is 2.55. The summed E-state index contributed by atoms with van der Waals surface area (Å²) in [6, 6.07) is 1.79. The number of likely N-dealkylation sites (tertiary alicyclic amines) is 1. The smallest absolute Gasteiger partial charge is 0.335 e. The maximum absolute atomic E-state index is 11.6. The molecule has 5 nitrogen and oxygen atoms in total. The van der Waals surface area contributed by atoms with Gasteiger partial charge in [-0.1, -0.05) is 0 Å². The van der Waals surface area contributed by atoms with E-state index in [1.54, 1.807) is 6.07 Å². The molecule has 2 aromatic rings. The first-order valence-electron chi connectivity index (χ1n) is 8.80. The van der Waals surface area contributed by atoms with Crippen LogP contribution in [0, 0.1) is 13.8 Å². The Morgan fingerprint density at radius 2 is 1.96 bits per heavy atom. The van der Waals surface area contributed by atoms with Gasteiger partial charge in [0.05, 0.1) is 11.1 Å². The molecule has 130 valence electrons. The molecule has 1 aromatic carbocycles. The van der Waals surface area contributed by atoms with Crippen molar-refractivity contribution in [3.63, 3.8) is 0 Å². The summed E-state index contributed by atoms with van der Waals surface area (Å²) in [4.78, 5) is 14.1. The van der Waals surface area contributed by atoms with Gasteiger partial charge in [-0.2, -0.15) is 0 Å². The van der Waals surface area contributed by atoms with Gasteiger partial charge >= 0.3 is 5.97 Å². The van der Waals surface area contributed by atoms with Gasteiger partial charge in [0.15, 0.2) is 0 Å². The van der Waals surface area contributed by atoms with E-state index in [0.29, 0.717) is 12.1 Å². The van der Waals surface area contributed by atoms with E-state index >= 15 is 0 Å². The molecule has 5 heteroatoms. The van der Waals surface area contributed by atoms with Crippen molar-refractivity contribution in [1.29, 1.82) is 0 Å². The summed E-state index contributed by atoms with van der Waals surface area (Å²) >= 11 is 0. The Bertz CT molecular complexity index is 758. The Labute approximate surface area is 143 Å². The monoisotopic (exact) mass is 329 g/mol. The molecule has 1 aliphatic rings. The van der Waals surface area contributed by atoms with Gasteiger partial charge in [-0.25, -0.2) is 4.79 Å². The SMILES string of the molecule is Cc1c(C(=O)O)cc(C)c2c1c(CCN1CCCC1)cn2CCN. The van der Waals surface area contributed by atoms with E-state index in [9.17, 15) is 9.90 Å². The van der Waals surface area contributed by atoms with Gasteiger partial charge in [0, 0.05) is 31.2 Å². The zero-order valence-electron chi connectivity index (χ0n) is 14.6. The molecule has 0 unspecified atom stereocenters. The van der Waals surface area contributed by atoms with Gasteiger partial charge in [-0.05, 0) is 69.0 Å². The first-order chi connectivity index (χ1) is 11.5. The molecule has 1 aromatic heterocycles. The molecule has 0 spiro atoms. The zero-order valence-corrected chi connectivity index (χ0v) is 14.6. The lowest BCUT2D eigenvalue weighted by Crippen LogP contribution is -2.21. The Kier molecular flexibility index (Phi) is 4.92. The molecule has 0 atom stereocenters. The average molecular weight is 329 g/mol. The van der Waals surface area contributed by atoms with Gasteiger partial charge in [0.2, 0.25) is 0 Å². The minimum absolute atomic E-state index is 0.410. The number of carboxylic acid groups (broad SMARTS) is 1. The van der Waals surface area contributed by atoms with Gasteiger partial charge in [0.25, 0.3) is 0 Å². The lowest BCUT2D eigenvalue weighted by atomic mass is 9.97. The van der Waals surface area contributed by atoms with E-state index in [1.165, 1.54) is 31.5 Å². The minimum Gasteiger partial charge on any atom is -0.478 e. The van der Waals surface area contributed by atoms with Gasteiger partial charge in [-0.15, -0.1) is 0 Å². The number of carbonyl (C=O) groups is 1. The fourth-order valence-corrected chi connectivity index (χ4v) is 3.99. The summed E-state index contributed by atoms with van der Waals surface area (Å²) < 4.78 is 2.20. The highest BCUT2D eigenvalue weighted by Crippen LogP contribution is 2.31. The molecule has 1 fully saturated rings. The molecule has 0 amide bonds. The van der Waals surface area contributed by atoms with Crippen LogP contribution >= 0.6 is 0 Å². The molecule has 1 aliphatic heterocycles. The molecule has 3 N–H and O–H groups in total. The van der Waals surface area contributed by atoms with Crippen molar-refractivity contribution in [2.45, 2.75) is 39.7 Å². The predicted molar refractivity (Wildman–Crippen MR) is 96.8 cm³/mol. The Hall–Kier alpha value is -1.85. The Morgan fingerprint density at radius 3 is 2.58 bits per heavy atom. The Balaban J connectivity index is 2.07. The fraction of sp³-hybridized carbons (Fsp3) is 0.526. The zero-order chi connectivity index (χ0) is 17.3. The number of carboxylic acids is 1. The molecule has 3 rings (SSSR count). The van der Waals surface area contributed by atoms with Crippen molar-refractivity contribution in [1.82, 2.24) is 9.47 Å². The van der Waals surface area contributed by atoms with E-state index in [1.807, 2.05) is 13.8 Å². The van der Waals surface area contributed by atoms with Crippen LogP contribution in [0.4, 0.5) is 0 Å². The molecule has 2 heterocycles. The van der Waals surface area contributed by atoms with Crippen LogP contribution in [0.3, 0.4) is 0 Å². The van der Waals surface area contributed by atoms with Crippen LogP contribution in [0.1, 0.15) is 39.9 Å². The highest BCUT2D eigenvalue weighted by molar-refractivity contribution is 6.00. The van der Waals surface area contributed by atoms with Crippen LogP contribution in [0.5, 0.6) is 0 Å². The number of rotatable bonds is 6. The van der Waals surface area contributed by atoms with Crippen LogP contribution in [0.2, 0.25) is 0 Å². The second-order valence-electron chi connectivity index (χ2n) is 6.83. The van der Waals surface area contributed by atoms with Crippen molar-refractivity contribution in [2.24, 2.45) is 5.73 Å². The fourth-order valence-electron chi connectivity index (χ4n) is 3.99. The molecular weight excluding hydrogens is 302 g/mol. The van der Waals surface area contributed by atoms with Crippen molar-refractivity contribution >= 4 is 16.9 Å². The third-order valence-electron chi connectivity index (χ3n) is 5.17. The van der Waals surface area contributed by atoms with Gasteiger partial charge in [0.1, 0.15) is 0 Å². The van der Waals surface area contributed by atoms with E-state index < -0.39 is 5.97 Å². The maximum atomic E-state index is 11.6. The van der Waals surface area contributed by atoms with Crippen molar-refractivity contribution in [3.05, 3.63) is 34.5 Å². The van der Waals surface area contributed by atoms with Crippen molar-refractivity contribution in [3.8, 4) is 0 Å². The highest BCUT2D eigenvalue weighted by Gasteiger charge is 2.19. The lowest BCUT2D eigenvalue weighted by molar-refractivity contribution is 0.0696. The summed E-state index contributed by atoms with van der Waals surface area (Å²) in [5.74, 6) is -0.852. The summed E-state index contributed by atoms with van der Waals surface area (Å²) in [5, 5.41) is 10.6. The molecule has 1 saturated heterocycles. The maximum Gasteiger partial charge on any atom is 0.335 e.